The average Bonchev–Trinajstić information content (AvgIpc) is 2.68. The van der Waals surface area contributed by atoms with Gasteiger partial charge in [-0.2, -0.15) is 8.42 Å². The highest BCUT2D eigenvalue weighted by molar-refractivity contribution is 7.85. The smallest absolute Gasteiger partial charge is 0.264 e. The molecule has 0 atom stereocenters. The van der Waals surface area contributed by atoms with Crippen LogP contribution in [0.5, 0.6) is 0 Å². The number of anilines is 1. The quantitative estimate of drug-likeness (QED) is 0.880. The zero-order chi connectivity index (χ0) is 15.2. The van der Waals surface area contributed by atoms with Gasteiger partial charge in [0.2, 0.25) is 0 Å². The van der Waals surface area contributed by atoms with E-state index in [1.807, 2.05) is 31.2 Å². The number of hydrogen-bond acceptors (Lipinski definition) is 3. The lowest BCUT2D eigenvalue weighted by atomic mass is 10.0. The molecule has 0 radical (unpaired) electrons. The van der Waals surface area contributed by atoms with Gasteiger partial charge in [-0.3, -0.25) is 9.35 Å². The minimum Gasteiger partial charge on any atom is -0.308 e. The van der Waals surface area contributed by atoms with Crippen molar-refractivity contribution >= 4 is 32.5 Å². The van der Waals surface area contributed by atoms with Gasteiger partial charge in [0.1, 0.15) is 0 Å². The molecule has 110 valence electrons. The maximum Gasteiger partial charge on any atom is 0.264 e. The molecule has 0 fully saturated rings. The molecule has 0 aliphatic carbocycles. The van der Waals surface area contributed by atoms with Gasteiger partial charge in [0.15, 0.2) is 0 Å². The Hall–Kier alpha value is -1.92. The summed E-state index contributed by atoms with van der Waals surface area (Å²) >= 11 is 0. The number of carbonyl (C=O) groups is 1. The summed E-state index contributed by atoms with van der Waals surface area (Å²) in [4.78, 5) is 14.0. The summed E-state index contributed by atoms with van der Waals surface area (Å²) in [5.74, 6) is -0.459. The van der Waals surface area contributed by atoms with Crippen LogP contribution in [0.15, 0.2) is 30.3 Å². The van der Waals surface area contributed by atoms with Gasteiger partial charge in [0.05, 0.1) is 11.4 Å². The van der Waals surface area contributed by atoms with Crippen LogP contribution in [0, 0.1) is 6.92 Å². The number of hydrogen-bond donors (Lipinski definition) is 1. The first-order chi connectivity index (χ1) is 9.88. The number of aryl methyl sites for hydroxylation is 1. The Morgan fingerprint density at radius 1 is 1.19 bits per heavy atom. The van der Waals surface area contributed by atoms with Gasteiger partial charge in [-0.05, 0) is 36.4 Å². The first kappa shape index (κ1) is 14.0. The standard InChI is InChI=1S/C15H15NO4S/c1-10-6-7-13-14-11(10)4-2-5-12(14)15(17)16(13)8-3-9-21(18,19)20/h2,4-7H,3,8-9H2,1H3,(H,18,19,20). The van der Waals surface area contributed by atoms with Crippen LogP contribution >= 0.6 is 0 Å². The molecule has 21 heavy (non-hydrogen) atoms. The fraction of sp³-hybridized carbons (Fsp3) is 0.267. The van der Waals surface area contributed by atoms with E-state index < -0.39 is 10.1 Å². The average molecular weight is 305 g/mol. The lowest BCUT2D eigenvalue weighted by molar-refractivity contribution is 0.0993. The minimum absolute atomic E-state index is 0.114. The van der Waals surface area contributed by atoms with Crippen molar-refractivity contribution in [2.75, 3.05) is 17.2 Å². The molecule has 1 N–H and O–H groups in total. The van der Waals surface area contributed by atoms with E-state index in [1.54, 1.807) is 11.0 Å². The van der Waals surface area contributed by atoms with Crippen LogP contribution in [0.4, 0.5) is 5.69 Å². The van der Waals surface area contributed by atoms with E-state index in [1.165, 1.54) is 0 Å². The molecule has 2 aromatic rings. The zero-order valence-electron chi connectivity index (χ0n) is 11.5. The predicted octanol–water partition coefficient (Wildman–Crippen LogP) is 2.39. The molecule has 0 saturated carbocycles. The number of benzene rings is 2. The predicted molar refractivity (Wildman–Crippen MR) is 81.4 cm³/mol. The van der Waals surface area contributed by atoms with E-state index in [2.05, 4.69) is 0 Å². The monoisotopic (exact) mass is 305 g/mol. The van der Waals surface area contributed by atoms with Gasteiger partial charge in [-0.1, -0.05) is 18.2 Å². The fourth-order valence-electron chi connectivity index (χ4n) is 2.82. The zero-order valence-corrected chi connectivity index (χ0v) is 12.4. The van der Waals surface area contributed by atoms with Crippen molar-refractivity contribution in [2.24, 2.45) is 0 Å². The molecule has 3 rings (SSSR count). The first-order valence-corrected chi connectivity index (χ1v) is 8.29. The van der Waals surface area contributed by atoms with E-state index in [4.69, 9.17) is 4.55 Å². The molecule has 1 amide bonds. The topological polar surface area (TPSA) is 74.7 Å². The summed E-state index contributed by atoms with van der Waals surface area (Å²) in [6.07, 6.45) is 0.202. The number of amides is 1. The largest absolute Gasteiger partial charge is 0.308 e. The Labute approximate surface area is 122 Å². The molecule has 0 saturated heterocycles. The normalized spacial score (nSPS) is 14.2. The minimum atomic E-state index is -4.00. The van der Waals surface area contributed by atoms with Gasteiger partial charge in [-0.15, -0.1) is 0 Å². The second kappa shape index (κ2) is 4.82. The maximum atomic E-state index is 12.5. The molecule has 6 heteroatoms. The number of nitrogens with zero attached hydrogens (tertiary/aromatic N) is 1. The second-order valence-corrected chi connectivity index (χ2v) is 6.80. The molecular formula is C15H15NO4S. The van der Waals surface area contributed by atoms with Crippen LogP contribution in [-0.4, -0.2) is 31.2 Å². The Morgan fingerprint density at radius 2 is 1.95 bits per heavy atom. The van der Waals surface area contributed by atoms with Crippen molar-refractivity contribution in [3.8, 4) is 0 Å². The van der Waals surface area contributed by atoms with Crippen molar-refractivity contribution in [1.29, 1.82) is 0 Å². The summed E-state index contributed by atoms with van der Waals surface area (Å²) in [7, 11) is -4.00. The van der Waals surface area contributed by atoms with Gasteiger partial charge < -0.3 is 4.90 Å². The number of carbonyl (C=O) groups excluding carboxylic acids is 1. The molecule has 2 aromatic carbocycles. The lowest BCUT2D eigenvalue weighted by Crippen LogP contribution is -2.29. The summed E-state index contributed by atoms with van der Waals surface area (Å²) < 4.78 is 30.4. The van der Waals surface area contributed by atoms with E-state index in [-0.39, 0.29) is 24.6 Å². The van der Waals surface area contributed by atoms with Crippen LogP contribution in [0.25, 0.3) is 10.8 Å². The summed E-state index contributed by atoms with van der Waals surface area (Å²) in [5.41, 5.74) is 2.56. The fourth-order valence-corrected chi connectivity index (χ4v) is 3.31. The Morgan fingerprint density at radius 3 is 2.67 bits per heavy atom. The van der Waals surface area contributed by atoms with E-state index in [9.17, 15) is 13.2 Å². The summed E-state index contributed by atoms with van der Waals surface area (Å²) in [6, 6.07) is 9.46. The molecule has 0 spiro atoms. The van der Waals surface area contributed by atoms with Crippen LogP contribution in [0.2, 0.25) is 0 Å². The molecule has 5 nitrogen and oxygen atoms in total. The van der Waals surface area contributed by atoms with Crippen LogP contribution < -0.4 is 4.90 Å². The molecular weight excluding hydrogens is 290 g/mol. The van der Waals surface area contributed by atoms with Crippen molar-refractivity contribution in [3.05, 3.63) is 41.5 Å². The summed E-state index contributed by atoms with van der Waals surface area (Å²) in [5, 5.41) is 1.96. The van der Waals surface area contributed by atoms with E-state index in [0.29, 0.717) is 5.56 Å². The molecule has 0 bridgehead atoms. The number of rotatable bonds is 4. The molecule has 0 unspecified atom stereocenters. The highest BCUT2D eigenvalue weighted by Gasteiger charge is 2.29. The van der Waals surface area contributed by atoms with Crippen LogP contribution in [0.1, 0.15) is 22.3 Å². The lowest BCUT2D eigenvalue weighted by Gasteiger charge is -2.17. The van der Waals surface area contributed by atoms with Gasteiger partial charge >= 0.3 is 0 Å². The van der Waals surface area contributed by atoms with E-state index in [0.717, 1.165) is 22.0 Å². The third-order valence-electron chi connectivity index (χ3n) is 3.79. The van der Waals surface area contributed by atoms with Gasteiger partial charge in [0.25, 0.3) is 16.0 Å². The van der Waals surface area contributed by atoms with E-state index >= 15 is 0 Å². The molecule has 1 aliphatic rings. The van der Waals surface area contributed by atoms with Crippen LogP contribution in [-0.2, 0) is 10.1 Å². The van der Waals surface area contributed by atoms with Crippen molar-refractivity contribution in [2.45, 2.75) is 13.3 Å². The first-order valence-electron chi connectivity index (χ1n) is 6.68. The summed E-state index contributed by atoms with van der Waals surface area (Å²) in [6.45, 7) is 2.26. The molecule has 1 aliphatic heterocycles. The van der Waals surface area contributed by atoms with Crippen molar-refractivity contribution < 1.29 is 17.8 Å². The maximum absolute atomic E-state index is 12.5. The Balaban J connectivity index is 1.98. The third kappa shape index (κ3) is 2.41. The highest BCUT2D eigenvalue weighted by Crippen LogP contribution is 2.38. The molecule has 1 heterocycles. The van der Waals surface area contributed by atoms with Crippen LogP contribution in [0.3, 0.4) is 0 Å². The van der Waals surface area contributed by atoms with Gasteiger partial charge in [-0.25, -0.2) is 0 Å². The Kier molecular flexibility index (Phi) is 3.22. The second-order valence-electron chi connectivity index (χ2n) is 5.23. The van der Waals surface area contributed by atoms with Gasteiger partial charge in [0, 0.05) is 17.5 Å². The molecule has 0 aromatic heterocycles. The van der Waals surface area contributed by atoms with Crippen molar-refractivity contribution in [1.82, 2.24) is 0 Å². The highest BCUT2D eigenvalue weighted by atomic mass is 32.2. The van der Waals surface area contributed by atoms with Crippen molar-refractivity contribution in [3.63, 3.8) is 0 Å². The Bertz CT molecular complexity index is 842. The SMILES string of the molecule is Cc1ccc2c3c(cccc13)C(=O)N2CCCS(=O)(=O)O. The third-order valence-corrected chi connectivity index (χ3v) is 4.59.